The zero-order valence-electron chi connectivity index (χ0n) is 11.2. The van der Waals surface area contributed by atoms with E-state index in [-0.39, 0.29) is 11.4 Å². The van der Waals surface area contributed by atoms with Crippen molar-refractivity contribution in [1.82, 2.24) is 4.72 Å². The number of nitrogens with one attached hydrogen (secondary N) is 1. The van der Waals surface area contributed by atoms with Crippen LogP contribution in [-0.4, -0.2) is 36.6 Å². The van der Waals surface area contributed by atoms with E-state index in [1.165, 1.54) is 12.1 Å². The molecule has 21 heavy (non-hydrogen) atoms. The molecular weight excluding hydrogens is 321 g/mol. The summed E-state index contributed by atoms with van der Waals surface area (Å²) < 4.78 is 66.1. The monoisotopic (exact) mass is 337 g/mol. The van der Waals surface area contributed by atoms with E-state index in [1.54, 1.807) is 0 Å². The molecule has 2 rings (SSSR count). The van der Waals surface area contributed by atoms with E-state index < -0.39 is 25.1 Å². The molecule has 1 aromatic rings. The van der Waals surface area contributed by atoms with Crippen molar-refractivity contribution < 1.29 is 25.5 Å². The number of hydrogen-bond donors (Lipinski definition) is 1. The van der Waals surface area contributed by atoms with Crippen LogP contribution in [0.2, 0.25) is 0 Å². The fourth-order valence-electron chi connectivity index (χ4n) is 2.08. The third kappa shape index (κ3) is 4.47. The van der Waals surface area contributed by atoms with Crippen molar-refractivity contribution in [3.05, 3.63) is 24.3 Å². The second-order valence-corrected chi connectivity index (χ2v) is 7.94. The molecule has 1 fully saturated rings. The maximum Gasteiger partial charge on any atom is 0.332 e. The molecule has 0 amide bonds. The number of benzene rings is 1. The quantitative estimate of drug-likeness (QED) is 0.784. The minimum Gasteiger partial charge on any atom is -0.381 e. The maximum atomic E-state index is 12.9. The Morgan fingerprint density at radius 2 is 1.95 bits per heavy atom. The van der Waals surface area contributed by atoms with Crippen LogP contribution in [-0.2, 0) is 25.0 Å². The molecule has 1 N–H and O–H groups in total. The standard InChI is InChI=1S/C12H16FNO5S2/c13-20(15,16)11-2-1-3-12(8-11)21(17,18)14-6-4-10-5-7-19-9-10/h1-3,8,10,14H,4-7,9H2. The lowest BCUT2D eigenvalue weighted by Crippen LogP contribution is -2.26. The van der Waals surface area contributed by atoms with Crippen LogP contribution in [0.1, 0.15) is 12.8 Å². The summed E-state index contributed by atoms with van der Waals surface area (Å²) in [5, 5.41) is 0. The lowest BCUT2D eigenvalue weighted by Gasteiger charge is -2.10. The molecule has 1 aliphatic rings. The molecule has 0 bridgehead atoms. The summed E-state index contributed by atoms with van der Waals surface area (Å²) in [4.78, 5) is -0.946. The summed E-state index contributed by atoms with van der Waals surface area (Å²) in [5.74, 6) is 0.324. The minimum atomic E-state index is -4.93. The Labute approximate surface area is 123 Å². The van der Waals surface area contributed by atoms with Gasteiger partial charge in [0.25, 0.3) is 0 Å². The fraction of sp³-hybridized carbons (Fsp3) is 0.500. The molecule has 1 heterocycles. The predicted molar refractivity (Wildman–Crippen MR) is 73.5 cm³/mol. The second-order valence-electron chi connectivity index (χ2n) is 4.83. The van der Waals surface area contributed by atoms with E-state index >= 15 is 0 Å². The van der Waals surface area contributed by atoms with E-state index in [4.69, 9.17) is 4.74 Å². The van der Waals surface area contributed by atoms with Crippen LogP contribution >= 0.6 is 0 Å². The summed E-state index contributed by atoms with van der Waals surface area (Å²) >= 11 is 0. The van der Waals surface area contributed by atoms with Gasteiger partial charge in [-0.3, -0.25) is 0 Å². The molecule has 0 spiro atoms. The third-order valence-electron chi connectivity index (χ3n) is 3.27. The smallest absolute Gasteiger partial charge is 0.332 e. The van der Waals surface area contributed by atoms with Crippen LogP contribution in [0.25, 0.3) is 0 Å². The molecule has 1 atom stereocenters. The van der Waals surface area contributed by atoms with Crippen molar-refractivity contribution in [2.24, 2.45) is 5.92 Å². The van der Waals surface area contributed by atoms with Gasteiger partial charge in [-0.05, 0) is 37.0 Å². The molecule has 0 aromatic heterocycles. The number of sulfonamides is 1. The lowest BCUT2D eigenvalue weighted by molar-refractivity contribution is 0.184. The molecule has 0 saturated carbocycles. The Hall–Kier alpha value is -1.03. The van der Waals surface area contributed by atoms with Crippen LogP contribution in [0.4, 0.5) is 3.89 Å². The average molecular weight is 337 g/mol. The molecule has 1 unspecified atom stereocenters. The molecule has 9 heteroatoms. The largest absolute Gasteiger partial charge is 0.381 e. The average Bonchev–Trinajstić information content (AvgIpc) is 2.91. The molecular formula is C12H16FNO5S2. The van der Waals surface area contributed by atoms with Crippen LogP contribution in [0, 0.1) is 5.92 Å². The van der Waals surface area contributed by atoms with Crippen LogP contribution in [0.15, 0.2) is 34.1 Å². The highest BCUT2D eigenvalue weighted by atomic mass is 32.3. The van der Waals surface area contributed by atoms with Crippen molar-refractivity contribution in [1.29, 1.82) is 0 Å². The normalized spacial score (nSPS) is 19.8. The van der Waals surface area contributed by atoms with E-state index in [0.29, 0.717) is 25.6 Å². The van der Waals surface area contributed by atoms with Gasteiger partial charge in [0.05, 0.1) is 9.79 Å². The van der Waals surface area contributed by atoms with Crippen molar-refractivity contribution in [2.45, 2.75) is 22.6 Å². The first-order valence-electron chi connectivity index (χ1n) is 6.41. The molecule has 1 aliphatic heterocycles. The number of rotatable bonds is 6. The topological polar surface area (TPSA) is 89.5 Å². The van der Waals surface area contributed by atoms with Gasteiger partial charge in [0, 0.05) is 19.8 Å². The number of hydrogen-bond acceptors (Lipinski definition) is 5. The Morgan fingerprint density at radius 1 is 1.24 bits per heavy atom. The summed E-state index contributed by atoms with van der Waals surface area (Å²) in [5.41, 5.74) is 0. The van der Waals surface area contributed by atoms with Gasteiger partial charge in [-0.2, -0.15) is 8.42 Å². The first-order valence-corrected chi connectivity index (χ1v) is 9.28. The minimum absolute atomic E-state index is 0.225. The third-order valence-corrected chi connectivity index (χ3v) is 5.54. The Kier molecular flexibility index (Phi) is 4.97. The van der Waals surface area contributed by atoms with Crippen molar-refractivity contribution in [3.8, 4) is 0 Å². The van der Waals surface area contributed by atoms with Gasteiger partial charge in [-0.25, -0.2) is 13.1 Å². The van der Waals surface area contributed by atoms with E-state index in [0.717, 1.165) is 18.6 Å². The Morgan fingerprint density at radius 3 is 2.57 bits per heavy atom. The SMILES string of the molecule is O=S(=O)(F)c1cccc(S(=O)(=O)NCCC2CCOC2)c1. The van der Waals surface area contributed by atoms with Gasteiger partial charge in [-0.1, -0.05) is 6.07 Å². The Bertz CT molecular complexity index is 696. The highest BCUT2D eigenvalue weighted by molar-refractivity contribution is 7.89. The molecule has 0 radical (unpaired) electrons. The molecule has 118 valence electrons. The van der Waals surface area contributed by atoms with Gasteiger partial charge in [0.15, 0.2) is 0 Å². The Balaban J connectivity index is 2.05. The molecule has 6 nitrogen and oxygen atoms in total. The predicted octanol–water partition coefficient (Wildman–Crippen LogP) is 1.05. The van der Waals surface area contributed by atoms with Crippen molar-refractivity contribution in [2.75, 3.05) is 19.8 Å². The first kappa shape index (κ1) is 16.3. The van der Waals surface area contributed by atoms with Crippen LogP contribution in [0.5, 0.6) is 0 Å². The van der Waals surface area contributed by atoms with Crippen molar-refractivity contribution >= 4 is 20.2 Å². The van der Waals surface area contributed by atoms with E-state index in [2.05, 4.69) is 4.72 Å². The zero-order chi connectivity index (χ0) is 15.5. The molecule has 1 saturated heterocycles. The number of ether oxygens (including phenoxy) is 1. The van der Waals surface area contributed by atoms with Gasteiger partial charge >= 0.3 is 10.2 Å². The summed E-state index contributed by atoms with van der Waals surface area (Å²) in [7, 11) is -8.78. The second kappa shape index (κ2) is 6.39. The number of halogens is 1. The van der Waals surface area contributed by atoms with Gasteiger partial charge in [0.1, 0.15) is 0 Å². The zero-order valence-corrected chi connectivity index (χ0v) is 12.8. The highest BCUT2D eigenvalue weighted by Crippen LogP contribution is 2.18. The fourth-order valence-corrected chi connectivity index (χ4v) is 3.76. The first-order chi connectivity index (χ1) is 9.79. The maximum absolute atomic E-state index is 12.9. The van der Waals surface area contributed by atoms with E-state index in [9.17, 15) is 20.7 Å². The van der Waals surface area contributed by atoms with Gasteiger partial charge in [0.2, 0.25) is 10.0 Å². The van der Waals surface area contributed by atoms with Gasteiger partial charge in [-0.15, -0.1) is 3.89 Å². The van der Waals surface area contributed by atoms with Gasteiger partial charge < -0.3 is 4.74 Å². The summed E-state index contributed by atoms with van der Waals surface area (Å²) in [6, 6.07) is 4.21. The lowest BCUT2D eigenvalue weighted by atomic mass is 10.1. The van der Waals surface area contributed by atoms with Crippen LogP contribution < -0.4 is 4.72 Å². The highest BCUT2D eigenvalue weighted by Gasteiger charge is 2.20. The van der Waals surface area contributed by atoms with Crippen LogP contribution in [0.3, 0.4) is 0 Å². The summed E-state index contributed by atoms with van der Waals surface area (Å²) in [6.45, 7) is 1.54. The van der Waals surface area contributed by atoms with E-state index in [1.807, 2.05) is 0 Å². The summed E-state index contributed by atoms with van der Waals surface area (Å²) in [6.07, 6.45) is 1.54. The molecule has 0 aliphatic carbocycles. The molecule has 1 aromatic carbocycles. The van der Waals surface area contributed by atoms with Crippen molar-refractivity contribution in [3.63, 3.8) is 0 Å².